The molecule has 0 aliphatic heterocycles. The van der Waals surface area contributed by atoms with Gasteiger partial charge in [-0.15, -0.1) is 0 Å². The van der Waals surface area contributed by atoms with Crippen LogP contribution >= 0.6 is 0 Å². The molecule has 0 aliphatic carbocycles. The molecular weight excluding hydrogens is 334 g/mol. The molecular formula is C19H24N3O4+. The number of carbonyl (C=O) groups is 1. The van der Waals surface area contributed by atoms with Gasteiger partial charge in [-0.25, -0.2) is 0 Å². The first-order valence-corrected chi connectivity index (χ1v) is 8.33. The number of methoxy groups -OCH3 is 1. The van der Waals surface area contributed by atoms with Gasteiger partial charge in [0, 0.05) is 11.6 Å². The first kappa shape index (κ1) is 19.4. The van der Waals surface area contributed by atoms with Crippen LogP contribution in [0.2, 0.25) is 0 Å². The monoisotopic (exact) mass is 358 g/mol. The molecule has 138 valence electrons. The van der Waals surface area contributed by atoms with Crippen LogP contribution in [0.1, 0.15) is 18.1 Å². The molecule has 0 heterocycles. The van der Waals surface area contributed by atoms with E-state index in [4.69, 9.17) is 4.74 Å². The topological polar surface area (TPSA) is 85.9 Å². The smallest absolute Gasteiger partial charge is 0.282 e. The quantitative estimate of drug-likeness (QED) is 0.585. The van der Waals surface area contributed by atoms with Crippen LogP contribution in [0.25, 0.3) is 0 Å². The Labute approximate surface area is 152 Å². The number of hydrogen-bond donors (Lipinski definition) is 2. The van der Waals surface area contributed by atoms with Gasteiger partial charge in [-0.05, 0) is 19.9 Å². The number of quaternary nitrogens is 1. The predicted molar refractivity (Wildman–Crippen MR) is 99.5 cm³/mol. The number of likely N-dealkylation sites (N-methyl/N-ethyl adjacent to an activating group) is 1. The van der Waals surface area contributed by atoms with Crippen LogP contribution in [-0.2, 0) is 11.3 Å². The molecule has 1 amide bonds. The zero-order valence-corrected chi connectivity index (χ0v) is 15.4. The fourth-order valence-electron chi connectivity index (χ4n) is 2.54. The van der Waals surface area contributed by atoms with Gasteiger partial charge in [0.05, 0.1) is 30.8 Å². The van der Waals surface area contributed by atoms with E-state index in [0.717, 1.165) is 10.5 Å². The van der Waals surface area contributed by atoms with Gasteiger partial charge in [0.25, 0.3) is 11.6 Å². The molecule has 2 atom stereocenters. The number of benzene rings is 2. The summed E-state index contributed by atoms with van der Waals surface area (Å²) in [5, 5.41) is 13.6. The second-order valence-electron chi connectivity index (χ2n) is 6.36. The maximum absolute atomic E-state index is 12.6. The number of non-ortho nitro benzene ring substituents is 1. The van der Waals surface area contributed by atoms with Crippen LogP contribution in [0.3, 0.4) is 0 Å². The molecule has 0 radical (unpaired) electrons. The Morgan fingerprint density at radius 3 is 2.50 bits per heavy atom. The van der Waals surface area contributed by atoms with Crippen molar-refractivity contribution in [3.63, 3.8) is 0 Å². The molecule has 1 unspecified atom stereocenters. The number of ether oxygens (including phenoxy) is 1. The van der Waals surface area contributed by atoms with Crippen molar-refractivity contribution < 1.29 is 19.4 Å². The Kier molecular flexibility index (Phi) is 6.30. The molecule has 2 aromatic rings. The Morgan fingerprint density at radius 1 is 1.27 bits per heavy atom. The summed E-state index contributed by atoms with van der Waals surface area (Å²) in [7, 11) is 3.37. The van der Waals surface area contributed by atoms with Crippen molar-refractivity contribution in [3.05, 3.63) is 63.7 Å². The highest BCUT2D eigenvalue weighted by molar-refractivity contribution is 5.95. The zero-order chi connectivity index (χ0) is 19.3. The van der Waals surface area contributed by atoms with E-state index in [1.54, 1.807) is 0 Å². The predicted octanol–water partition coefficient (Wildman–Crippen LogP) is 1.95. The van der Waals surface area contributed by atoms with Crippen molar-refractivity contribution in [2.75, 3.05) is 19.5 Å². The van der Waals surface area contributed by atoms with Crippen molar-refractivity contribution in [2.45, 2.75) is 26.4 Å². The Bertz CT molecular complexity index is 790. The van der Waals surface area contributed by atoms with Crippen LogP contribution < -0.4 is 15.0 Å². The minimum Gasteiger partial charge on any atom is -0.494 e. The highest BCUT2D eigenvalue weighted by Crippen LogP contribution is 2.28. The molecule has 7 nitrogen and oxygen atoms in total. The summed E-state index contributed by atoms with van der Waals surface area (Å²) in [6.07, 6.45) is 0. The van der Waals surface area contributed by atoms with Gasteiger partial charge in [-0.3, -0.25) is 14.9 Å². The molecule has 7 heteroatoms. The molecule has 2 N–H and O–H groups in total. The van der Waals surface area contributed by atoms with E-state index in [2.05, 4.69) is 29.6 Å². The lowest BCUT2D eigenvalue weighted by molar-refractivity contribution is -0.907. The third-order valence-corrected chi connectivity index (χ3v) is 4.39. The average molecular weight is 358 g/mol. The minimum atomic E-state index is -0.504. The van der Waals surface area contributed by atoms with E-state index in [-0.39, 0.29) is 23.4 Å². The van der Waals surface area contributed by atoms with Crippen molar-refractivity contribution in [2.24, 2.45) is 0 Å². The number of rotatable bonds is 7. The van der Waals surface area contributed by atoms with Crippen LogP contribution in [0, 0.1) is 17.0 Å². The van der Waals surface area contributed by atoms with Crippen LogP contribution in [-0.4, -0.2) is 31.0 Å². The van der Waals surface area contributed by atoms with Gasteiger partial charge in [0.15, 0.2) is 6.04 Å². The lowest BCUT2D eigenvalue weighted by Gasteiger charge is -2.21. The van der Waals surface area contributed by atoms with Gasteiger partial charge in [-0.2, -0.15) is 0 Å². The highest BCUT2D eigenvalue weighted by Gasteiger charge is 2.23. The summed E-state index contributed by atoms with van der Waals surface area (Å²) >= 11 is 0. The number of hydrogen-bond acceptors (Lipinski definition) is 4. The molecule has 0 aliphatic rings. The molecule has 0 fully saturated rings. The van der Waals surface area contributed by atoms with Crippen LogP contribution in [0.5, 0.6) is 5.75 Å². The fourth-order valence-corrected chi connectivity index (χ4v) is 2.54. The normalized spacial score (nSPS) is 12.9. The summed E-state index contributed by atoms with van der Waals surface area (Å²) in [6, 6.07) is 12.0. The van der Waals surface area contributed by atoms with Crippen LogP contribution in [0.4, 0.5) is 11.4 Å². The molecule has 0 spiro atoms. The fraction of sp³-hybridized carbons (Fsp3) is 0.316. The van der Waals surface area contributed by atoms with E-state index in [1.165, 1.54) is 30.9 Å². The number of anilines is 1. The number of aryl methyl sites for hydroxylation is 1. The average Bonchev–Trinajstić information content (AvgIpc) is 2.62. The number of nitrogens with zero attached hydrogens (tertiary/aromatic N) is 1. The summed E-state index contributed by atoms with van der Waals surface area (Å²) in [6.45, 7) is 4.59. The summed E-state index contributed by atoms with van der Waals surface area (Å²) in [5.41, 5.74) is 2.68. The van der Waals surface area contributed by atoms with Crippen molar-refractivity contribution in [1.82, 2.24) is 0 Å². The van der Waals surface area contributed by atoms with Gasteiger partial charge >= 0.3 is 0 Å². The van der Waals surface area contributed by atoms with E-state index >= 15 is 0 Å². The van der Waals surface area contributed by atoms with E-state index in [1.807, 2.05) is 20.9 Å². The standard InChI is InChI=1S/C19H23N3O4/c1-13-5-7-15(8-6-13)12-21(3)14(2)19(23)20-17-10-9-16(22(24)25)11-18(17)26-4/h5-11,14H,12H2,1-4H3,(H,20,23)/p+1/t14-/m0/s1. The summed E-state index contributed by atoms with van der Waals surface area (Å²) in [5.74, 6) is 0.0812. The first-order chi connectivity index (χ1) is 12.3. The molecule has 0 saturated carbocycles. The number of nitro benzene ring substituents is 1. The second kappa shape index (κ2) is 8.44. The third kappa shape index (κ3) is 4.80. The van der Waals surface area contributed by atoms with Crippen molar-refractivity contribution in [1.29, 1.82) is 0 Å². The van der Waals surface area contributed by atoms with Gasteiger partial charge in [-0.1, -0.05) is 29.8 Å². The first-order valence-electron chi connectivity index (χ1n) is 8.33. The summed E-state index contributed by atoms with van der Waals surface area (Å²) in [4.78, 5) is 23.9. The largest absolute Gasteiger partial charge is 0.494 e. The molecule has 2 aromatic carbocycles. The van der Waals surface area contributed by atoms with Crippen LogP contribution in [0.15, 0.2) is 42.5 Å². The lowest BCUT2D eigenvalue weighted by Crippen LogP contribution is -3.12. The maximum atomic E-state index is 12.6. The Morgan fingerprint density at radius 2 is 1.92 bits per heavy atom. The van der Waals surface area contributed by atoms with Crippen molar-refractivity contribution in [3.8, 4) is 5.75 Å². The molecule has 0 aromatic heterocycles. The Balaban J connectivity index is 2.06. The number of amides is 1. The van der Waals surface area contributed by atoms with Crippen molar-refractivity contribution >= 4 is 17.3 Å². The Hall–Kier alpha value is -2.93. The second-order valence-corrected chi connectivity index (χ2v) is 6.36. The highest BCUT2D eigenvalue weighted by atomic mass is 16.6. The number of nitrogens with one attached hydrogen (secondary N) is 2. The molecule has 2 rings (SSSR count). The molecule has 0 saturated heterocycles. The van der Waals surface area contributed by atoms with Gasteiger partial charge < -0.3 is 15.0 Å². The SMILES string of the molecule is COc1cc([N+](=O)[O-])ccc1NC(=O)[C@H](C)[NH+](C)Cc1ccc(C)cc1. The third-order valence-electron chi connectivity index (χ3n) is 4.39. The molecule has 26 heavy (non-hydrogen) atoms. The lowest BCUT2D eigenvalue weighted by atomic mass is 10.1. The van der Waals surface area contributed by atoms with E-state index in [0.29, 0.717) is 12.2 Å². The number of nitro groups is 1. The molecule has 0 bridgehead atoms. The zero-order valence-electron chi connectivity index (χ0n) is 15.4. The minimum absolute atomic E-state index is 0.0880. The maximum Gasteiger partial charge on any atom is 0.282 e. The van der Waals surface area contributed by atoms with Gasteiger partial charge in [0.1, 0.15) is 12.3 Å². The van der Waals surface area contributed by atoms with Gasteiger partial charge in [0.2, 0.25) is 0 Å². The number of carbonyl (C=O) groups excluding carboxylic acids is 1. The summed E-state index contributed by atoms with van der Waals surface area (Å²) < 4.78 is 5.16. The van der Waals surface area contributed by atoms with E-state index < -0.39 is 4.92 Å². The van der Waals surface area contributed by atoms with E-state index in [9.17, 15) is 14.9 Å².